The van der Waals surface area contributed by atoms with Crippen LogP contribution in [0.4, 0.5) is 0 Å². The standard InChI is InChI=1S/C18H26N2O/c1-3-5-6-15(4-2)14-20-18(21)12-11-16-7-9-17(13-19)10-8-16/h7-10,15H,3-6,11-12,14H2,1-2H3,(H,20,21). The summed E-state index contributed by atoms with van der Waals surface area (Å²) < 4.78 is 0. The molecule has 1 rings (SSSR count). The number of nitriles is 1. The van der Waals surface area contributed by atoms with Crippen LogP contribution in [0.5, 0.6) is 0 Å². The van der Waals surface area contributed by atoms with E-state index in [0.29, 0.717) is 17.9 Å². The molecule has 1 aromatic carbocycles. The van der Waals surface area contributed by atoms with Crippen LogP contribution in [-0.4, -0.2) is 12.5 Å². The van der Waals surface area contributed by atoms with E-state index in [2.05, 4.69) is 25.2 Å². The first kappa shape index (κ1) is 17.2. The Kier molecular flexibility index (Phi) is 8.19. The normalized spacial score (nSPS) is 11.7. The Bertz CT molecular complexity index is 459. The second kappa shape index (κ2) is 9.99. The van der Waals surface area contributed by atoms with E-state index in [-0.39, 0.29) is 5.91 Å². The first-order valence-corrected chi connectivity index (χ1v) is 7.95. The highest BCUT2D eigenvalue weighted by Gasteiger charge is 2.08. The maximum Gasteiger partial charge on any atom is 0.220 e. The third-order valence-electron chi connectivity index (χ3n) is 3.85. The monoisotopic (exact) mass is 286 g/mol. The van der Waals surface area contributed by atoms with E-state index < -0.39 is 0 Å². The number of carbonyl (C=O) groups is 1. The third kappa shape index (κ3) is 6.94. The van der Waals surface area contributed by atoms with Gasteiger partial charge in [0.15, 0.2) is 0 Å². The fraction of sp³-hybridized carbons (Fsp3) is 0.556. The van der Waals surface area contributed by atoms with E-state index in [1.807, 2.05) is 12.1 Å². The van der Waals surface area contributed by atoms with E-state index in [9.17, 15) is 4.79 Å². The zero-order valence-corrected chi connectivity index (χ0v) is 13.2. The molecule has 0 aliphatic heterocycles. The number of nitrogens with one attached hydrogen (secondary N) is 1. The van der Waals surface area contributed by atoms with Gasteiger partial charge in [-0.1, -0.05) is 45.2 Å². The highest BCUT2D eigenvalue weighted by molar-refractivity contribution is 5.76. The minimum absolute atomic E-state index is 0.120. The summed E-state index contributed by atoms with van der Waals surface area (Å²) in [4.78, 5) is 11.9. The van der Waals surface area contributed by atoms with Crippen molar-refractivity contribution in [1.29, 1.82) is 5.26 Å². The smallest absolute Gasteiger partial charge is 0.220 e. The van der Waals surface area contributed by atoms with Crippen LogP contribution in [0.15, 0.2) is 24.3 Å². The van der Waals surface area contributed by atoms with Crippen LogP contribution in [0.2, 0.25) is 0 Å². The van der Waals surface area contributed by atoms with Crippen LogP contribution in [0.3, 0.4) is 0 Å². The van der Waals surface area contributed by atoms with Gasteiger partial charge in [0.05, 0.1) is 11.6 Å². The Labute approximate surface area is 128 Å². The van der Waals surface area contributed by atoms with E-state index in [0.717, 1.165) is 24.9 Å². The first-order valence-electron chi connectivity index (χ1n) is 7.95. The number of aryl methyl sites for hydroxylation is 1. The lowest BCUT2D eigenvalue weighted by Crippen LogP contribution is -2.29. The van der Waals surface area contributed by atoms with Crippen molar-refractivity contribution in [1.82, 2.24) is 5.32 Å². The number of benzene rings is 1. The Morgan fingerprint density at radius 2 is 2.00 bits per heavy atom. The summed E-state index contributed by atoms with van der Waals surface area (Å²) in [6, 6.07) is 9.53. The molecule has 0 saturated carbocycles. The summed E-state index contributed by atoms with van der Waals surface area (Å²) >= 11 is 0. The minimum atomic E-state index is 0.120. The first-order chi connectivity index (χ1) is 10.2. The molecule has 0 aromatic heterocycles. The fourth-order valence-electron chi connectivity index (χ4n) is 2.29. The molecule has 0 aliphatic rings. The van der Waals surface area contributed by atoms with Crippen molar-refractivity contribution in [2.45, 2.75) is 52.4 Å². The number of amides is 1. The summed E-state index contributed by atoms with van der Waals surface area (Å²) in [6.07, 6.45) is 6.00. The summed E-state index contributed by atoms with van der Waals surface area (Å²) in [5.41, 5.74) is 1.76. The Morgan fingerprint density at radius 3 is 2.57 bits per heavy atom. The van der Waals surface area contributed by atoms with Crippen molar-refractivity contribution in [2.24, 2.45) is 5.92 Å². The number of carbonyl (C=O) groups excluding carboxylic acids is 1. The van der Waals surface area contributed by atoms with Crippen molar-refractivity contribution >= 4 is 5.91 Å². The molecule has 0 radical (unpaired) electrons. The summed E-state index contributed by atoms with van der Waals surface area (Å²) in [5.74, 6) is 0.720. The molecule has 0 fully saturated rings. The van der Waals surface area contributed by atoms with E-state index in [1.165, 1.54) is 19.3 Å². The van der Waals surface area contributed by atoms with Crippen LogP contribution >= 0.6 is 0 Å². The van der Waals surface area contributed by atoms with Crippen molar-refractivity contribution in [3.05, 3.63) is 35.4 Å². The molecule has 1 aromatic rings. The molecule has 3 heteroatoms. The zero-order chi connectivity index (χ0) is 15.5. The van der Waals surface area contributed by atoms with Gasteiger partial charge in [-0.25, -0.2) is 0 Å². The largest absolute Gasteiger partial charge is 0.356 e. The highest BCUT2D eigenvalue weighted by atomic mass is 16.1. The molecule has 0 heterocycles. The minimum Gasteiger partial charge on any atom is -0.356 e. The van der Waals surface area contributed by atoms with Crippen molar-refractivity contribution in [2.75, 3.05) is 6.54 Å². The summed E-state index contributed by atoms with van der Waals surface area (Å²) in [5, 5.41) is 11.8. The van der Waals surface area contributed by atoms with Gasteiger partial charge in [0, 0.05) is 13.0 Å². The lowest BCUT2D eigenvalue weighted by atomic mass is 9.99. The number of hydrogen-bond donors (Lipinski definition) is 1. The van der Waals surface area contributed by atoms with Gasteiger partial charge in [-0.05, 0) is 36.5 Å². The Balaban J connectivity index is 2.28. The van der Waals surface area contributed by atoms with Gasteiger partial charge in [-0.3, -0.25) is 4.79 Å². The third-order valence-corrected chi connectivity index (χ3v) is 3.85. The quantitative estimate of drug-likeness (QED) is 0.750. The van der Waals surface area contributed by atoms with E-state index >= 15 is 0 Å². The molecule has 1 unspecified atom stereocenters. The van der Waals surface area contributed by atoms with Gasteiger partial charge in [0.25, 0.3) is 0 Å². The second-order valence-corrected chi connectivity index (χ2v) is 5.53. The summed E-state index contributed by atoms with van der Waals surface area (Å²) in [6.45, 7) is 5.18. The molecule has 0 saturated heterocycles. The fourth-order valence-corrected chi connectivity index (χ4v) is 2.29. The van der Waals surface area contributed by atoms with Crippen LogP contribution in [0.25, 0.3) is 0 Å². The lowest BCUT2D eigenvalue weighted by Gasteiger charge is -2.15. The van der Waals surface area contributed by atoms with Gasteiger partial charge in [-0.15, -0.1) is 0 Å². The predicted octanol–water partition coefficient (Wildman–Crippen LogP) is 3.82. The predicted molar refractivity (Wildman–Crippen MR) is 85.8 cm³/mol. The van der Waals surface area contributed by atoms with Crippen molar-refractivity contribution in [3.63, 3.8) is 0 Å². The molecule has 1 amide bonds. The summed E-state index contributed by atoms with van der Waals surface area (Å²) in [7, 11) is 0. The number of hydrogen-bond acceptors (Lipinski definition) is 2. The molecule has 1 atom stereocenters. The number of unbranched alkanes of at least 4 members (excludes halogenated alkanes) is 1. The molecule has 0 spiro atoms. The van der Waals surface area contributed by atoms with Crippen molar-refractivity contribution < 1.29 is 4.79 Å². The average molecular weight is 286 g/mol. The molecule has 3 nitrogen and oxygen atoms in total. The molecule has 0 aliphatic carbocycles. The van der Waals surface area contributed by atoms with Crippen LogP contribution in [0, 0.1) is 17.2 Å². The van der Waals surface area contributed by atoms with Gasteiger partial charge in [-0.2, -0.15) is 5.26 Å². The molecule has 21 heavy (non-hydrogen) atoms. The molecule has 114 valence electrons. The Hall–Kier alpha value is -1.82. The van der Waals surface area contributed by atoms with Gasteiger partial charge < -0.3 is 5.32 Å². The number of rotatable bonds is 9. The maximum absolute atomic E-state index is 11.9. The molecule has 1 N–H and O–H groups in total. The SMILES string of the molecule is CCCCC(CC)CNC(=O)CCc1ccc(C#N)cc1. The van der Waals surface area contributed by atoms with E-state index in [1.54, 1.807) is 12.1 Å². The van der Waals surface area contributed by atoms with Crippen LogP contribution in [0.1, 0.15) is 57.1 Å². The zero-order valence-electron chi connectivity index (χ0n) is 13.2. The van der Waals surface area contributed by atoms with E-state index in [4.69, 9.17) is 5.26 Å². The Morgan fingerprint density at radius 1 is 1.29 bits per heavy atom. The van der Waals surface area contributed by atoms with Gasteiger partial charge in [0.2, 0.25) is 5.91 Å². The molecular weight excluding hydrogens is 260 g/mol. The van der Waals surface area contributed by atoms with Gasteiger partial charge >= 0.3 is 0 Å². The second-order valence-electron chi connectivity index (χ2n) is 5.53. The van der Waals surface area contributed by atoms with Crippen LogP contribution < -0.4 is 5.32 Å². The van der Waals surface area contributed by atoms with Crippen LogP contribution in [-0.2, 0) is 11.2 Å². The molecule has 0 bridgehead atoms. The number of nitrogens with zero attached hydrogens (tertiary/aromatic N) is 1. The maximum atomic E-state index is 11.9. The average Bonchev–Trinajstić information content (AvgIpc) is 2.53. The topological polar surface area (TPSA) is 52.9 Å². The highest BCUT2D eigenvalue weighted by Crippen LogP contribution is 2.11. The lowest BCUT2D eigenvalue weighted by molar-refractivity contribution is -0.121. The van der Waals surface area contributed by atoms with Gasteiger partial charge in [0.1, 0.15) is 0 Å². The molecular formula is C18H26N2O. The van der Waals surface area contributed by atoms with Crippen molar-refractivity contribution in [3.8, 4) is 6.07 Å².